The molecule has 0 aromatic rings. The molecular weight excluding hydrogens is 138 g/mol. The molecule has 3 heteroatoms. The largest absolute Gasteiger partial charge is 0.292 e. The van der Waals surface area contributed by atoms with Gasteiger partial charge in [0.05, 0.1) is 6.04 Å². The van der Waals surface area contributed by atoms with E-state index in [2.05, 4.69) is 43.2 Å². The van der Waals surface area contributed by atoms with Gasteiger partial charge in [-0.1, -0.05) is 13.8 Å². The number of hydrogen-bond donors (Lipinski definition) is 1. The molecule has 1 heterocycles. The van der Waals surface area contributed by atoms with Gasteiger partial charge in [0.1, 0.15) is 5.66 Å². The first-order chi connectivity index (χ1) is 5.10. The molecule has 0 saturated carbocycles. The Hall–Kier alpha value is -0.440. The van der Waals surface area contributed by atoms with Gasteiger partial charge in [0, 0.05) is 5.92 Å². The van der Waals surface area contributed by atoms with Crippen molar-refractivity contribution in [3.63, 3.8) is 0 Å². The van der Waals surface area contributed by atoms with E-state index in [1.54, 1.807) is 0 Å². The van der Waals surface area contributed by atoms with Gasteiger partial charge in [-0.15, -0.1) is 0 Å². The van der Waals surface area contributed by atoms with Crippen LogP contribution in [0, 0.1) is 5.92 Å². The highest BCUT2D eigenvalue weighted by Gasteiger charge is 2.38. The molecule has 0 spiro atoms. The lowest BCUT2D eigenvalue weighted by Crippen LogP contribution is -2.45. The number of hydrogen-bond acceptors (Lipinski definition) is 3. The molecule has 0 fully saturated rings. The first kappa shape index (κ1) is 8.65. The van der Waals surface area contributed by atoms with Crippen molar-refractivity contribution >= 4 is 0 Å². The third kappa shape index (κ3) is 1.43. The zero-order chi connectivity index (χ0) is 8.48. The van der Waals surface area contributed by atoms with Crippen molar-refractivity contribution in [2.45, 2.75) is 39.4 Å². The van der Waals surface area contributed by atoms with Crippen molar-refractivity contribution < 1.29 is 0 Å². The lowest BCUT2D eigenvalue weighted by Gasteiger charge is -2.26. The van der Waals surface area contributed by atoms with Gasteiger partial charge < -0.3 is 0 Å². The van der Waals surface area contributed by atoms with Crippen molar-refractivity contribution in [3.8, 4) is 0 Å². The summed E-state index contributed by atoms with van der Waals surface area (Å²) in [6.45, 7) is 9.45. The first-order valence-corrected chi connectivity index (χ1v) is 4.27. The minimum Gasteiger partial charge on any atom is -0.292 e. The Morgan fingerprint density at radius 3 is 2.45 bits per heavy atom. The highest BCUT2D eigenvalue weighted by atomic mass is 15.3. The molecule has 11 heavy (non-hydrogen) atoms. The average Bonchev–Trinajstić information content (AvgIpc) is 2.19. The fraction of sp³-hybridized carbons (Fsp3) is 1.00. The molecule has 1 N–H and O–H groups in total. The van der Waals surface area contributed by atoms with Gasteiger partial charge >= 0.3 is 0 Å². The average molecular weight is 155 g/mol. The molecule has 0 saturated heterocycles. The molecule has 0 radical (unpaired) electrons. The summed E-state index contributed by atoms with van der Waals surface area (Å²) in [5.74, 6) is 0.502. The van der Waals surface area contributed by atoms with E-state index in [1.807, 2.05) is 0 Å². The number of nitrogens with one attached hydrogen (secondary N) is 1. The van der Waals surface area contributed by atoms with Crippen LogP contribution < -0.4 is 5.32 Å². The van der Waals surface area contributed by atoms with Gasteiger partial charge in [-0.2, -0.15) is 10.2 Å². The minimum atomic E-state index is -0.117. The third-order valence-corrected chi connectivity index (χ3v) is 2.59. The Kier molecular flexibility index (Phi) is 2.28. The van der Waals surface area contributed by atoms with Crippen LogP contribution in [0.15, 0.2) is 10.2 Å². The van der Waals surface area contributed by atoms with Crippen LogP contribution >= 0.6 is 0 Å². The molecule has 3 nitrogen and oxygen atoms in total. The van der Waals surface area contributed by atoms with E-state index in [9.17, 15) is 0 Å². The van der Waals surface area contributed by atoms with E-state index in [0.29, 0.717) is 12.0 Å². The second kappa shape index (κ2) is 2.89. The predicted molar refractivity (Wildman–Crippen MR) is 45.6 cm³/mol. The molecule has 1 aliphatic rings. The number of rotatable bonds is 2. The quantitative estimate of drug-likeness (QED) is 0.648. The summed E-state index contributed by atoms with van der Waals surface area (Å²) in [6.07, 6.45) is 0. The summed E-state index contributed by atoms with van der Waals surface area (Å²) in [5, 5.41) is 11.7. The van der Waals surface area contributed by atoms with Crippen molar-refractivity contribution in [1.82, 2.24) is 5.32 Å². The second-order valence-corrected chi connectivity index (χ2v) is 3.42. The summed E-state index contributed by atoms with van der Waals surface area (Å²) in [6, 6.07) is 0.360. The smallest absolute Gasteiger partial charge is 0.133 e. The lowest BCUT2D eigenvalue weighted by atomic mass is 9.92. The van der Waals surface area contributed by atoms with Crippen molar-refractivity contribution in [2.75, 3.05) is 6.54 Å². The van der Waals surface area contributed by atoms with E-state index in [4.69, 9.17) is 0 Å². The van der Waals surface area contributed by atoms with Gasteiger partial charge in [-0.25, -0.2) is 0 Å². The molecule has 3 atom stereocenters. The van der Waals surface area contributed by atoms with Gasteiger partial charge in [0.15, 0.2) is 0 Å². The molecule has 1 rings (SSSR count). The maximum Gasteiger partial charge on any atom is 0.133 e. The van der Waals surface area contributed by atoms with Crippen LogP contribution in [0.25, 0.3) is 0 Å². The normalized spacial score (nSPS) is 43.3. The van der Waals surface area contributed by atoms with E-state index in [1.165, 1.54) is 0 Å². The second-order valence-electron chi connectivity index (χ2n) is 3.42. The highest BCUT2D eigenvalue weighted by Crippen LogP contribution is 2.30. The topological polar surface area (TPSA) is 36.8 Å². The van der Waals surface area contributed by atoms with Gasteiger partial charge in [-0.3, -0.25) is 5.32 Å². The highest BCUT2D eigenvalue weighted by molar-refractivity contribution is 4.94. The fourth-order valence-corrected chi connectivity index (χ4v) is 1.43. The number of nitrogens with zero attached hydrogens (tertiary/aromatic N) is 2. The summed E-state index contributed by atoms with van der Waals surface area (Å²) < 4.78 is 0. The maximum atomic E-state index is 4.23. The SMILES string of the molecule is CCNC1(C)N=NC(C)C1C. The Morgan fingerprint density at radius 1 is 1.45 bits per heavy atom. The molecule has 1 aliphatic heterocycles. The Labute approximate surface area is 68.3 Å². The zero-order valence-electron chi connectivity index (χ0n) is 7.76. The monoisotopic (exact) mass is 155 g/mol. The minimum absolute atomic E-state index is 0.117. The van der Waals surface area contributed by atoms with Crippen LogP contribution in [-0.2, 0) is 0 Å². The molecule has 0 bridgehead atoms. The van der Waals surface area contributed by atoms with Gasteiger partial charge in [0.2, 0.25) is 0 Å². The summed E-state index contributed by atoms with van der Waals surface area (Å²) in [7, 11) is 0. The number of azo groups is 1. The van der Waals surface area contributed by atoms with E-state index in [0.717, 1.165) is 6.54 Å². The van der Waals surface area contributed by atoms with Crippen molar-refractivity contribution in [3.05, 3.63) is 0 Å². The predicted octanol–water partition coefficient (Wildman–Crippen LogP) is 1.80. The molecule has 0 aromatic heterocycles. The molecule has 3 unspecified atom stereocenters. The molecule has 0 amide bonds. The van der Waals surface area contributed by atoms with E-state index in [-0.39, 0.29) is 5.66 Å². The van der Waals surface area contributed by atoms with Crippen LogP contribution in [0.5, 0.6) is 0 Å². The summed E-state index contributed by atoms with van der Waals surface area (Å²) in [4.78, 5) is 0. The van der Waals surface area contributed by atoms with Crippen LogP contribution in [0.2, 0.25) is 0 Å². The van der Waals surface area contributed by atoms with Crippen LogP contribution in [0.3, 0.4) is 0 Å². The van der Waals surface area contributed by atoms with Crippen LogP contribution in [0.4, 0.5) is 0 Å². The maximum absolute atomic E-state index is 4.23. The van der Waals surface area contributed by atoms with Gasteiger partial charge in [0.25, 0.3) is 0 Å². The first-order valence-electron chi connectivity index (χ1n) is 4.27. The molecule has 0 aromatic carbocycles. The fourth-order valence-electron chi connectivity index (χ4n) is 1.43. The Bertz CT molecular complexity index is 167. The van der Waals surface area contributed by atoms with Crippen LogP contribution in [-0.4, -0.2) is 18.2 Å². The molecular formula is C8H17N3. The van der Waals surface area contributed by atoms with Crippen LogP contribution in [0.1, 0.15) is 27.7 Å². The van der Waals surface area contributed by atoms with Crippen molar-refractivity contribution in [1.29, 1.82) is 0 Å². The van der Waals surface area contributed by atoms with E-state index >= 15 is 0 Å². The zero-order valence-corrected chi connectivity index (χ0v) is 7.76. The van der Waals surface area contributed by atoms with E-state index < -0.39 is 0 Å². The molecule has 64 valence electrons. The summed E-state index contributed by atoms with van der Waals surface area (Å²) >= 11 is 0. The molecule has 0 aliphatic carbocycles. The van der Waals surface area contributed by atoms with Gasteiger partial charge in [-0.05, 0) is 20.4 Å². The van der Waals surface area contributed by atoms with Crippen molar-refractivity contribution in [2.24, 2.45) is 16.1 Å². The summed E-state index contributed by atoms with van der Waals surface area (Å²) in [5.41, 5.74) is -0.117. The standard InChI is InChI=1S/C8H17N3/c1-5-9-8(4)6(2)7(3)10-11-8/h6-7,9H,5H2,1-4H3. The lowest BCUT2D eigenvalue weighted by molar-refractivity contribution is 0.276. The Morgan fingerprint density at radius 2 is 2.09 bits per heavy atom. The Balaban J connectivity index is 2.65. The third-order valence-electron chi connectivity index (χ3n) is 2.59.